The van der Waals surface area contributed by atoms with Crippen molar-refractivity contribution in [3.8, 4) is 0 Å². The number of hydrazone groups is 1. The van der Waals surface area contributed by atoms with E-state index in [0.717, 1.165) is 38.4 Å². The molecule has 0 amide bonds. The molecule has 0 aliphatic heterocycles. The molecule has 1 rings (SSSR count). The average Bonchev–Trinajstić information content (AvgIpc) is 2.33. The molecular formula is C12H13Br3Cl2N2. The molecule has 0 heterocycles. The lowest BCUT2D eigenvalue weighted by molar-refractivity contribution is 0.671. The Bertz CT molecular complexity index is 443. The summed E-state index contributed by atoms with van der Waals surface area (Å²) >= 11 is 22.9. The number of rotatable bonds is 6. The van der Waals surface area contributed by atoms with Crippen LogP contribution in [-0.2, 0) is 0 Å². The second kappa shape index (κ2) is 8.88. The van der Waals surface area contributed by atoms with Gasteiger partial charge in [-0.3, -0.25) is 0 Å². The van der Waals surface area contributed by atoms with Crippen molar-refractivity contribution in [3.63, 3.8) is 0 Å². The molecule has 7 heteroatoms. The van der Waals surface area contributed by atoms with Crippen LogP contribution in [0.15, 0.2) is 30.7 Å². The Hall–Kier alpha value is 0.710. The Morgan fingerprint density at radius 1 is 1.32 bits per heavy atom. The van der Waals surface area contributed by atoms with Gasteiger partial charge in [0.05, 0.1) is 0 Å². The molecule has 0 radical (unpaired) electrons. The minimum atomic E-state index is -0.507. The Morgan fingerprint density at radius 2 is 1.89 bits per heavy atom. The number of unbranched alkanes of at least 4 members (excludes halogenated alkanes) is 1. The van der Waals surface area contributed by atoms with Crippen LogP contribution in [0.1, 0.15) is 30.7 Å². The second-order valence-electron chi connectivity index (χ2n) is 3.84. The van der Waals surface area contributed by atoms with E-state index in [-0.39, 0.29) is 0 Å². The molecule has 0 aliphatic carbocycles. The van der Waals surface area contributed by atoms with E-state index in [2.05, 4.69) is 65.2 Å². The summed E-state index contributed by atoms with van der Waals surface area (Å²) in [6.07, 6.45) is 2.15. The second-order valence-corrected chi connectivity index (χ2v) is 7.29. The highest BCUT2D eigenvalue weighted by molar-refractivity contribution is 9.11. The third kappa shape index (κ3) is 5.54. The standard InChI is InChI=1S/C12H13Br3Cl2N2/c1-2-3-4-18-19-12(17)11(16)10-8(14)5-7(13)6-9(10)15/h5-6,11,18H,2-4H2,1H3/b19-12-. The maximum atomic E-state index is 6.35. The molecule has 2 nitrogen and oxygen atoms in total. The zero-order chi connectivity index (χ0) is 14.4. The van der Waals surface area contributed by atoms with Gasteiger partial charge in [0, 0.05) is 25.5 Å². The quantitative estimate of drug-likeness (QED) is 0.216. The number of alkyl halides is 1. The zero-order valence-electron chi connectivity index (χ0n) is 10.2. The van der Waals surface area contributed by atoms with E-state index in [0.29, 0.717) is 5.17 Å². The molecule has 0 aromatic heterocycles. The van der Waals surface area contributed by atoms with Gasteiger partial charge in [-0.2, -0.15) is 5.10 Å². The fraction of sp³-hybridized carbons (Fsp3) is 0.417. The van der Waals surface area contributed by atoms with Crippen molar-refractivity contribution in [2.45, 2.75) is 25.1 Å². The van der Waals surface area contributed by atoms with Crippen LogP contribution in [-0.4, -0.2) is 11.7 Å². The first kappa shape index (κ1) is 17.8. The topological polar surface area (TPSA) is 24.4 Å². The molecule has 1 aromatic rings. The van der Waals surface area contributed by atoms with Gasteiger partial charge in [-0.1, -0.05) is 72.7 Å². The monoisotopic (exact) mass is 492 g/mol. The van der Waals surface area contributed by atoms with Crippen molar-refractivity contribution >= 4 is 76.2 Å². The van der Waals surface area contributed by atoms with Crippen molar-refractivity contribution in [1.82, 2.24) is 5.43 Å². The lowest BCUT2D eigenvalue weighted by Gasteiger charge is -2.13. The Labute approximate surface area is 148 Å². The average molecular weight is 496 g/mol. The summed E-state index contributed by atoms with van der Waals surface area (Å²) in [4.78, 5) is 0. The first-order valence-electron chi connectivity index (χ1n) is 5.71. The lowest BCUT2D eigenvalue weighted by atomic mass is 10.1. The summed E-state index contributed by atoms with van der Waals surface area (Å²) in [5, 5.41) is 3.90. The third-order valence-electron chi connectivity index (χ3n) is 2.33. The molecule has 0 bridgehead atoms. The van der Waals surface area contributed by atoms with Crippen LogP contribution in [0, 0.1) is 0 Å². The summed E-state index contributed by atoms with van der Waals surface area (Å²) in [6, 6.07) is 3.84. The van der Waals surface area contributed by atoms with Crippen LogP contribution in [0.25, 0.3) is 0 Å². The van der Waals surface area contributed by atoms with Crippen molar-refractivity contribution in [3.05, 3.63) is 31.1 Å². The number of halogens is 5. The molecule has 0 saturated carbocycles. The summed E-state index contributed by atoms with van der Waals surface area (Å²) in [6.45, 7) is 2.91. The maximum absolute atomic E-state index is 6.35. The first-order chi connectivity index (χ1) is 8.97. The molecule has 19 heavy (non-hydrogen) atoms. The van der Waals surface area contributed by atoms with Crippen LogP contribution in [0.3, 0.4) is 0 Å². The van der Waals surface area contributed by atoms with Gasteiger partial charge < -0.3 is 5.43 Å². The Balaban J connectivity index is 2.85. The predicted molar refractivity (Wildman–Crippen MR) is 94.3 cm³/mol. The summed E-state index contributed by atoms with van der Waals surface area (Å²) in [7, 11) is 0. The van der Waals surface area contributed by atoms with Crippen molar-refractivity contribution in [2.24, 2.45) is 5.10 Å². The molecule has 0 fully saturated rings. The molecule has 1 N–H and O–H groups in total. The predicted octanol–water partition coefficient (Wildman–Crippen LogP) is 6.20. The van der Waals surface area contributed by atoms with Crippen LogP contribution in [0.5, 0.6) is 0 Å². The van der Waals surface area contributed by atoms with Gasteiger partial charge in [0.2, 0.25) is 0 Å². The molecule has 0 spiro atoms. The minimum absolute atomic E-state index is 0.321. The molecule has 106 valence electrons. The van der Waals surface area contributed by atoms with E-state index in [1.54, 1.807) is 0 Å². The third-order valence-corrected chi connectivity index (χ3v) is 4.94. The molecule has 1 aromatic carbocycles. The van der Waals surface area contributed by atoms with Gasteiger partial charge >= 0.3 is 0 Å². The highest BCUT2D eigenvalue weighted by Gasteiger charge is 2.20. The Morgan fingerprint density at radius 3 is 2.42 bits per heavy atom. The highest BCUT2D eigenvalue weighted by atomic mass is 79.9. The largest absolute Gasteiger partial charge is 0.309 e. The smallest absolute Gasteiger partial charge is 0.148 e. The van der Waals surface area contributed by atoms with E-state index >= 15 is 0 Å². The van der Waals surface area contributed by atoms with E-state index in [1.165, 1.54) is 0 Å². The van der Waals surface area contributed by atoms with Gasteiger partial charge in [0.25, 0.3) is 0 Å². The molecule has 1 atom stereocenters. The Kier molecular flexibility index (Phi) is 8.30. The van der Waals surface area contributed by atoms with Crippen LogP contribution in [0.2, 0.25) is 0 Å². The number of benzene rings is 1. The van der Waals surface area contributed by atoms with Gasteiger partial charge in [-0.05, 0) is 18.6 Å². The van der Waals surface area contributed by atoms with Crippen LogP contribution < -0.4 is 5.43 Å². The summed E-state index contributed by atoms with van der Waals surface area (Å²) < 4.78 is 2.69. The fourth-order valence-electron chi connectivity index (χ4n) is 1.36. The highest BCUT2D eigenvalue weighted by Crippen LogP contribution is 2.38. The van der Waals surface area contributed by atoms with Crippen molar-refractivity contribution in [2.75, 3.05) is 6.54 Å². The summed E-state index contributed by atoms with van der Waals surface area (Å²) in [5.74, 6) is 0. The van der Waals surface area contributed by atoms with E-state index in [1.807, 2.05) is 12.1 Å². The van der Waals surface area contributed by atoms with Crippen LogP contribution in [0.4, 0.5) is 0 Å². The van der Waals surface area contributed by atoms with Crippen molar-refractivity contribution < 1.29 is 0 Å². The zero-order valence-corrected chi connectivity index (χ0v) is 16.5. The number of nitrogens with one attached hydrogen (secondary N) is 1. The SMILES string of the molecule is CCCCN/N=C(\Cl)C(Cl)c1c(Br)cc(Br)cc1Br. The van der Waals surface area contributed by atoms with Gasteiger partial charge in [-0.25, -0.2) is 0 Å². The van der Waals surface area contributed by atoms with E-state index in [4.69, 9.17) is 23.2 Å². The van der Waals surface area contributed by atoms with E-state index < -0.39 is 5.38 Å². The lowest BCUT2D eigenvalue weighted by Crippen LogP contribution is -2.12. The number of hydrogen-bond acceptors (Lipinski definition) is 2. The minimum Gasteiger partial charge on any atom is -0.309 e. The molecule has 0 saturated heterocycles. The summed E-state index contributed by atoms with van der Waals surface area (Å²) in [5.41, 5.74) is 3.78. The molecule has 0 aliphatic rings. The molecular weight excluding hydrogens is 483 g/mol. The molecule has 1 unspecified atom stereocenters. The van der Waals surface area contributed by atoms with E-state index in [9.17, 15) is 0 Å². The number of hydrogen-bond donors (Lipinski definition) is 1. The first-order valence-corrected chi connectivity index (χ1v) is 8.91. The maximum Gasteiger partial charge on any atom is 0.148 e. The van der Waals surface area contributed by atoms with Crippen LogP contribution >= 0.6 is 71.0 Å². The van der Waals surface area contributed by atoms with Crippen molar-refractivity contribution in [1.29, 1.82) is 0 Å². The normalized spacial score (nSPS) is 13.5. The fourth-order valence-corrected chi connectivity index (χ4v) is 4.79. The number of nitrogens with zero attached hydrogens (tertiary/aromatic N) is 1. The van der Waals surface area contributed by atoms with Gasteiger partial charge in [0.15, 0.2) is 0 Å². The van der Waals surface area contributed by atoms with Gasteiger partial charge in [0.1, 0.15) is 10.5 Å². The van der Waals surface area contributed by atoms with Gasteiger partial charge in [-0.15, -0.1) is 11.6 Å².